The molecular weight excluding hydrogens is 264 g/mol. The summed E-state index contributed by atoms with van der Waals surface area (Å²) in [4.78, 5) is 13.0. The van der Waals surface area contributed by atoms with Gasteiger partial charge in [0.15, 0.2) is 5.75 Å². The second kappa shape index (κ2) is 5.36. The Bertz CT molecular complexity index is 801. The molecule has 3 aromatic rings. The van der Waals surface area contributed by atoms with E-state index in [-0.39, 0.29) is 0 Å². The monoisotopic (exact) mass is 280 g/mol. The van der Waals surface area contributed by atoms with Gasteiger partial charge in [-0.2, -0.15) is 4.98 Å². The highest BCUT2D eigenvalue weighted by Crippen LogP contribution is 2.28. The molecule has 0 saturated carbocycles. The molecule has 5 heteroatoms. The number of hydrogen-bond donors (Lipinski definition) is 1. The van der Waals surface area contributed by atoms with E-state index in [9.17, 15) is 0 Å². The van der Waals surface area contributed by atoms with Crippen LogP contribution in [0.2, 0.25) is 0 Å². The molecule has 106 valence electrons. The van der Waals surface area contributed by atoms with Crippen molar-refractivity contribution < 1.29 is 4.74 Å². The molecule has 0 atom stereocenters. The van der Waals surface area contributed by atoms with Crippen LogP contribution in [0, 0.1) is 6.92 Å². The Hall–Kier alpha value is -2.69. The normalized spacial score (nSPS) is 10.8. The van der Waals surface area contributed by atoms with Gasteiger partial charge < -0.3 is 10.5 Å². The van der Waals surface area contributed by atoms with Crippen molar-refractivity contribution in [1.82, 2.24) is 15.0 Å². The van der Waals surface area contributed by atoms with Crippen molar-refractivity contribution in [2.45, 2.75) is 20.3 Å². The molecule has 0 bridgehead atoms. The van der Waals surface area contributed by atoms with E-state index < -0.39 is 0 Å². The number of ether oxygens (including phenoxy) is 1. The maximum atomic E-state index is 5.88. The lowest BCUT2D eigenvalue weighted by Crippen LogP contribution is -2.00. The number of benzene rings is 1. The summed E-state index contributed by atoms with van der Waals surface area (Å²) in [6.45, 7) is 3.93. The predicted octanol–water partition coefficient (Wildman–Crippen LogP) is 3.27. The van der Waals surface area contributed by atoms with Crippen LogP contribution < -0.4 is 10.5 Å². The molecular formula is C16H16N4O. The number of nitrogen functional groups attached to an aromatic ring is 1. The molecule has 0 spiro atoms. The van der Waals surface area contributed by atoms with Crippen LogP contribution in [0.25, 0.3) is 10.9 Å². The van der Waals surface area contributed by atoms with Gasteiger partial charge in [-0.3, -0.25) is 0 Å². The second-order valence-corrected chi connectivity index (χ2v) is 4.78. The number of nitrogens with zero attached hydrogens (tertiary/aromatic N) is 3. The highest BCUT2D eigenvalue weighted by molar-refractivity contribution is 5.84. The summed E-state index contributed by atoms with van der Waals surface area (Å²) in [5.41, 5.74) is 7.53. The molecule has 2 N–H and O–H groups in total. The zero-order valence-electron chi connectivity index (χ0n) is 12.0. The Morgan fingerprint density at radius 1 is 1.10 bits per heavy atom. The first-order chi connectivity index (χ1) is 10.2. The average Bonchev–Trinajstić information content (AvgIpc) is 2.47. The van der Waals surface area contributed by atoms with Gasteiger partial charge in [-0.05, 0) is 19.1 Å². The van der Waals surface area contributed by atoms with Crippen LogP contribution in [0.3, 0.4) is 0 Å². The van der Waals surface area contributed by atoms with Gasteiger partial charge in [-0.15, -0.1) is 0 Å². The van der Waals surface area contributed by atoms with Crippen molar-refractivity contribution in [3.63, 3.8) is 0 Å². The van der Waals surface area contributed by atoms with E-state index in [2.05, 4.69) is 15.0 Å². The number of pyridine rings is 1. The summed E-state index contributed by atoms with van der Waals surface area (Å²) in [6.07, 6.45) is 0.703. The SMILES string of the molecule is CCc1nc(N)cc(Oc2cccc3ccc(C)nc23)n1. The summed E-state index contributed by atoms with van der Waals surface area (Å²) >= 11 is 0. The summed E-state index contributed by atoms with van der Waals surface area (Å²) in [6, 6.07) is 11.4. The smallest absolute Gasteiger partial charge is 0.224 e. The number of aromatic nitrogens is 3. The molecule has 5 nitrogen and oxygen atoms in total. The Labute approximate surface area is 122 Å². The minimum Gasteiger partial charge on any atom is -0.437 e. The van der Waals surface area contributed by atoms with Crippen LogP contribution in [-0.4, -0.2) is 15.0 Å². The van der Waals surface area contributed by atoms with Crippen LogP contribution >= 0.6 is 0 Å². The van der Waals surface area contributed by atoms with Gasteiger partial charge in [0.25, 0.3) is 0 Å². The number of anilines is 1. The van der Waals surface area contributed by atoms with Crippen molar-refractivity contribution in [2.24, 2.45) is 0 Å². The summed E-state index contributed by atoms with van der Waals surface area (Å²) in [7, 11) is 0. The first-order valence-corrected chi connectivity index (χ1v) is 6.83. The van der Waals surface area contributed by atoms with Crippen molar-refractivity contribution in [1.29, 1.82) is 0 Å². The number of nitrogens with two attached hydrogens (primary N) is 1. The van der Waals surface area contributed by atoms with Gasteiger partial charge in [0.1, 0.15) is 17.2 Å². The number of hydrogen-bond acceptors (Lipinski definition) is 5. The van der Waals surface area contributed by atoms with Crippen molar-refractivity contribution >= 4 is 16.7 Å². The Morgan fingerprint density at radius 3 is 2.76 bits per heavy atom. The van der Waals surface area contributed by atoms with E-state index in [0.29, 0.717) is 29.7 Å². The second-order valence-electron chi connectivity index (χ2n) is 4.78. The van der Waals surface area contributed by atoms with Gasteiger partial charge >= 0.3 is 0 Å². The van der Waals surface area contributed by atoms with Crippen LogP contribution in [0.4, 0.5) is 5.82 Å². The maximum absolute atomic E-state index is 5.88. The lowest BCUT2D eigenvalue weighted by Gasteiger charge is -2.09. The van der Waals surface area contributed by atoms with E-state index in [1.54, 1.807) is 6.07 Å². The van der Waals surface area contributed by atoms with E-state index in [1.807, 2.05) is 44.2 Å². The largest absolute Gasteiger partial charge is 0.437 e. The molecule has 2 heterocycles. The third-order valence-corrected chi connectivity index (χ3v) is 3.12. The minimum absolute atomic E-state index is 0.404. The lowest BCUT2D eigenvalue weighted by atomic mass is 10.2. The zero-order chi connectivity index (χ0) is 14.8. The van der Waals surface area contributed by atoms with Crippen LogP contribution in [0.1, 0.15) is 18.4 Å². The summed E-state index contributed by atoms with van der Waals surface area (Å²) in [5, 5.41) is 1.02. The van der Waals surface area contributed by atoms with E-state index in [4.69, 9.17) is 10.5 Å². The van der Waals surface area contributed by atoms with Gasteiger partial charge in [-0.1, -0.05) is 25.1 Å². The molecule has 2 aromatic heterocycles. The average molecular weight is 280 g/mol. The van der Waals surface area contributed by atoms with Gasteiger partial charge in [0, 0.05) is 23.6 Å². The van der Waals surface area contributed by atoms with E-state index in [1.165, 1.54) is 0 Å². The molecule has 3 rings (SSSR count). The van der Waals surface area contributed by atoms with Gasteiger partial charge in [-0.25, -0.2) is 9.97 Å². The fourth-order valence-electron chi connectivity index (χ4n) is 2.12. The molecule has 0 aliphatic heterocycles. The van der Waals surface area contributed by atoms with Gasteiger partial charge in [0.2, 0.25) is 5.88 Å². The van der Waals surface area contributed by atoms with E-state index >= 15 is 0 Å². The fourth-order valence-corrected chi connectivity index (χ4v) is 2.12. The summed E-state index contributed by atoms with van der Waals surface area (Å²) < 4.78 is 5.88. The first-order valence-electron chi connectivity index (χ1n) is 6.83. The Balaban J connectivity index is 2.05. The fraction of sp³-hybridized carbons (Fsp3) is 0.188. The van der Waals surface area contributed by atoms with Crippen LogP contribution in [0.5, 0.6) is 11.6 Å². The zero-order valence-corrected chi connectivity index (χ0v) is 12.0. The molecule has 0 unspecified atom stereocenters. The molecule has 0 amide bonds. The van der Waals surface area contributed by atoms with Crippen molar-refractivity contribution in [2.75, 3.05) is 5.73 Å². The highest BCUT2D eigenvalue weighted by Gasteiger charge is 2.08. The molecule has 0 aliphatic carbocycles. The first kappa shape index (κ1) is 13.3. The molecule has 0 aliphatic rings. The number of fused-ring (bicyclic) bond motifs is 1. The van der Waals surface area contributed by atoms with Crippen molar-refractivity contribution in [3.8, 4) is 11.6 Å². The van der Waals surface area contributed by atoms with E-state index in [0.717, 1.165) is 16.6 Å². The van der Waals surface area contributed by atoms with Crippen LogP contribution in [0.15, 0.2) is 36.4 Å². The molecule has 0 fully saturated rings. The topological polar surface area (TPSA) is 73.9 Å². The highest BCUT2D eigenvalue weighted by atomic mass is 16.5. The minimum atomic E-state index is 0.404. The molecule has 0 saturated heterocycles. The third-order valence-electron chi connectivity index (χ3n) is 3.12. The van der Waals surface area contributed by atoms with Gasteiger partial charge in [0.05, 0.1) is 0 Å². The molecule has 1 aromatic carbocycles. The van der Waals surface area contributed by atoms with Crippen LogP contribution in [-0.2, 0) is 6.42 Å². The Morgan fingerprint density at radius 2 is 1.95 bits per heavy atom. The lowest BCUT2D eigenvalue weighted by molar-refractivity contribution is 0.463. The molecule has 0 radical (unpaired) electrons. The maximum Gasteiger partial charge on any atom is 0.224 e. The molecule has 21 heavy (non-hydrogen) atoms. The summed E-state index contributed by atoms with van der Waals surface area (Å²) in [5.74, 6) is 2.17. The Kier molecular flexibility index (Phi) is 3.39. The quantitative estimate of drug-likeness (QED) is 0.797. The number of rotatable bonds is 3. The predicted molar refractivity (Wildman–Crippen MR) is 82.4 cm³/mol. The number of para-hydroxylation sites is 1. The standard InChI is InChI=1S/C16H16N4O/c1-3-14-19-13(17)9-15(20-14)21-12-6-4-5-11-8-7-10(2)18-16(11)12/h4-9H,3H2,1-2H3,(H2,17,19,20). The van der Waals surface area contributed by atoms with Crippen molar-refractivity contribution in [3.05, 3.63) is 47.9 Å². The number of aryl methyl sites for hydroxylation is 2. The third kappa shape index (κ3) is 2.76.